The highest BCUT2D eigenvalue weighted by Crippen LogP contribution is 2.41. The van der Waals surface area contributed by atoms with Crippen molar-refractivity contribution in [3.8, 4) is 0 Å². The molecule has 0 amide bonds. The maximum Gasteiger partial charge on any atom is 0.105 e. The summed E-state index contributed by atoms with van der Waals surface area (Å²) >= 11 is 0. The van der Waals surface area contributed by atoms with Crippen molar-refractivity contribution >= 4 is 0 Å². The van der Waals surface area contributed by atoms with Gasteiger partial charge in [-0.05, 0) is 32.3 Å². The molecule has 0 aromatic carbocycles. The summed E-state index contributed by atoms with van der Waals surface area (Å²) in [6, 6.07) is 1.98. The van der Waals surface area contributed by atoms with Crippen LogP contribution in [0.5, 0.6) is 0 Å². The van der Waals surface area contributed by atoms with E-state index >= 15 is 0 Å². The van der Waals surface area contributed by atoms with E-state index in [1.54, 1.807) is 0 Å². The number of nitrogens with zero attached hydrogens (tertiary/aromatic N) is 2. The SMILES string of the molecule is CCCn1nc([C@@H](O)C2(CN)CCOCC2)cc1C. The molecule has 2 rings (SSSR count). The van der Waals surface area contributed by atoms with Crippen molar-refractivity contribution in [2.45, 2.75) is 45.8 Å². The predicted molar refractivity (Wildman–Crippen MR) is 73.8 cm³/mol. The van der Waals surface area contributed by atoms with Crippen LogP contribution in [0.3, 0.4) is 0 Å². The lowest BCUT2D eigenvalue weighted by Crippen LogP contribution is -2.41. The third kappa shape index (κ3) is 2.83. The van der Waals surface area contributed by atoms with Crippen LogP contribution in [0.25, 0.3) is 0 Å². The van der Waals surface area contributed by atoms with Crippen LogP contribution in [-0.4, -0.2) is 34.6 Å². The van der Waals surface area contributed by atoms with Gasteiger partial charge in [-0.25, -0.2) is 0 Å². The molecular weight excluding hydrogens is 242 g/mol. The minimum absolute atomic E-state index is 0.282. The summed E-state index contributed by atoms with van der Waals surface area (Å²) in [5, 5.41) is 15.2. The lowest BCUT2D eigenvalue weighted by atomic mass is 9.74. The lowest BCUT2D eigenvalue weighted by Gasteiger charge is -2.39. The number of hydrogen-bond donors (Lipinski definition) is 2. The number of hydrogen-bond acceptors (Lipinski definition) is 4. The van der Waals surface area contributed by atoms with Crippen LogP contribution in [-0.2, 0) is 11.3 Å². The molecule has 1 aromatic heterocycles. The number of aryl methyl sites for hydroxylation is 2. The van der Waals surface area contributed by atoms with Crippen LogP contribution >= 0.6 is 0 Å². The first-order chi connectivity index (χ1) is 9.13. The smallest absolute Gasteiger partial charge is 0.105 e. The van der Waals surface area contributed by atoms with Gasteiger partial charge in [0, 0.05) is 37.4 Å². The quantitative estimate of drug-likeness (QED) is 0.845. The Bertz CT molecular complexity index is 411. The van der Waals surface area contributed by atoms with Crippen molar-refractivity contribution in [1.82, 2.24) is 9.78 Å². The highest BCUT2D eigenvalue weighted by molar-refractivity contribution is 5.15. The maximum atomic E-state index is 10.7. The fraction of sp³-hybridized carbons (Fsp3) is 0.786. The van der Waals surface area contributed by atoms with Crippen LogP contribution < -0.4 is 5.73 Å². The van der Waals surface area contributed by atoms with Crippen LogP contribution in [0.4, 0.5) is 0 Å². The second-order valence-corrected chi connectivity index (χ2v) is 5.52. The van der Waals surface area contributed by atoms with E-state index in [0.717, 1.165) is 37.2 Å². The summed E-state index contributed by atoms with van der Waals surface area (Å²) < 4.78 is 7.35. The van der Waals surface area contributed by atoms with Crippen LogP contribution in [0.15, 0.2) is 6.07 Å². The van der Waals surface area contributed by atoms with Gasteiger partial charge < -0.3 is 15.6 Å². The topological polar surface area (TPSA) is 73.3 Å². The van der Waals surface area contributed by atoms with Crippen molar-refractivity contribution in [2.75, 3.05) is 19.8 Å². The van der Waals surface area contributed by atoms with Crippen LogP contribution in [0.2, 0.25) is 0 Å². The molecule has 1 atom stereocenters. The molecule has 1 aliphatic rings. The first-order valence-corrected chi connectivity index (χ1v) is 7.13. The molecule has 0 spiro atoms. The fourth-order valence-electron chi connectivity index (χ4n) is 2.79. The third-order valence-corrected chi connectivity index (χ3v) is 4.19. The molecule has 5 heteroatoms. The molecule has 1 aliphatic heterocycles. The largest absolute Gasteiger partial charge is 0.386 e. The summed E-state index contributed by atoms with van der Waals surface area (Å²) in [7, 11) is 0. The molecule has 1 fully saturated rings. The van der Waals surface area contributed by atoms with Crippen molar-refractivity contribution in [3.05, 3.63) is 17.5 Å². The van der Waals surface area contributed by atoms with Crippen molar-refractivity contribution in [3.63, 3.8) is 0 Å². The Morgan fingerprint density at radius 1 is 1.53 bits per heavy atom. The fourth-order valence-corrected chi connectivity index (χ4v) is 2.79. The Morgan fingerprint density at radius 3 is 2.79 bits per heavy atom. The molecule has 0 aliphatic carbocycles. The molecule has 2 heterocycles. The lowest BCUT2D eigenvalue weighted by molar-refractivity contribution is -0.0599. The second kappa shape index (κ2) is 6.03. The average Bonchev–Trinajstić information content (AvgIpc) is 2.80. The van der Waals surface area contributed by atoms with Gasteiger partial charge in [-0.3, -0.25) is 4.68 Å². The molecule has 1 saturated heterocycles. The maximum absolute atomic E-state index is 10.7. The Balaban J connectivity index is 2.21. The number of rotatable bonds is 5. The van der Waals surface area contributed by atoms with Gasteiger partial charge in [0.05, 0.1) is 5.69 Å². The molecule has 0 unspecified atom stereocenters. The zero-order valence-corrected chi connectivity index (χ0v) is 11.9. The Hall–Kier alpha value is -0.910. The van der Waals surface area contributed by atoms with E-state index in [1.165, 1.54) is 0 Å². The number of aliphatic hydroxyl groups is 1. The van der Waals surface area contributed by atoms with E-state index in [9.17, 15) is 5.11 Å². The van der Waals surface area contributed by atoms with Gasteiger partial charge in [0.2, 0.25) is 0 Å². The first-order valence-electron chi connectivity index (χ1n) is 7.13. The Morgan fingerprint density at radius 2 is 2.21 bits per heavy atom. The summed E-state index contributed by atoms with van der Waals surface area (Å²) in [6.45, 7) is 6.84. The zero-order valence-electron chi connectivity index (χ0n) is 11.9. The molecule has 3 N–H and O–H groups in total. The third-order valence-electron chi connectivity index (χ3n) is 4.19. The molecule has 108 valence electrons. The van der Waals surface area contributed by atoms with E-state index in [1.807, 2.05) is 17.7 Å². The van der Waals surface area contributed by atoms with Crippen molar-refractivity contribution in [1.29, 1.82) is 0 Å². The monoisotopic (exact) mass is 267 g/mol. The summed E-state index contributed by atoms with van der Waals surface area (Å²) in [4.78, 5) is 0. The van der Waals surface area contributed by atoms with Gasteiger partial charge in [0.25, 0.3) is 0 Å². The van der Waals surface area contributed by atoms with Gasteiger partial charge in [-0.15, -0.1) is 0 Å². The molecule has 0 saturated carbocycles. The van der Waals surface area contributed by atoms with E-state index < -0.39 is 6.10 Å². The molecule has 5 nitrogen and oxygen atoms in total. The number of aromatic nitrogens is 2. The summed E-state index contributed by atoms with van der Waals surface area (Å²) in [6.07, 6.45) is 2.03. The average molecular weight is 267 g/mol. The minimum atomic E-state index is -0.599. The Labute approximate surface area is 114 Å². The van der Waals surface area contributed by atoms with Gasteiger partial charge in [0.15, 0.2) is 0 Å². The zero-order chi connectivity index (χ0) is 13.9. The second-order valence-electron chi connectivity index (χ2n) is 5.52. The van der Waals surface area contributed by atoms with Crippen molar-refractivity contribution < 1.29 is 9.84 Å². The minimum Gasteiger partial charge on any atom is -0.386 e. The van der Waals surface area contributed by atoms with E-state index in [-0.39, 0.29) is 5.41 Å². The number of nitrogens with two attached hydrogens (primary N) is 1. The van der Waals surface area contributed by atoms with Crippen LogP contribution in [0.1, 0.15) is 43.7 Å². The standard InChI is InChI=1S/C14H25N3O2/c1-3-6-17-11(2)9-12(16-17)13(18)14(10-15)4-7-19-8-5-14/h9,13,18H,3-8,10,15H2,1-2H3/t13-/m1/s1. The van der Waals surface area contributed by atoms with Gasteiger partial charge in [-0.2, -0.15) is 5.10 Å². The van der Waals surface area contributed by atoms with Gasteiger partial charge >= 0.3 is 0 Å². The first kappa shape index (κ1) is 14.5. The molecule has 0 radical (unpaired) electrons. The van der Waals surface area contributed by atoms with E-state index in [0.29, 0.717) is 19.8 Å². The molecule has 1 aromatic rings. The van der Waals surface area contributed by atoms with Gasteiger partial charge in [-0.1, -0.05) is 6.92 Å². The Kier molecular flexibility index (Phi) is 4.60. The number of aliphatic hydroxyl groups excluding tert-OH is 1. The summed E-state index contributed by atoms with van der Waals surface area (Å²) in [5.41, 5.74) is 7.49. The van der Waals surface area contributed by atoms with Crippen molar-refractivity contribution in [2.24, 2.45) is 11.1 Å². The summed E-state index contributed by atoms with van der Waals surface area (Å²) in [5.74, 6) is 0. The highest BCUT2D eigenvalue weighted by atomic mass is 16.5. The van der Waals surface area contributed by atoms with E-state index in [4.69, 9.17) is 10.5 Å². The molecule has 19 heavy (non-hydrogen) atoms. The van der Waals surface area contributed by atoms with Gasteiger partial charge in [0.1, 0.15) is 6.10 Å². The normalized spacial score (nSPS) is 20.4. The predicted octanol–water partition coefficient (Wildman–Crippen LogP) is 1.39. The molecular formula is C14H25N3O2. The highest BCUT2D eigenvalue weighted by Gasteiger charge is 2.40. The molecule has 0 bridgehead atoms. The van der Waals surface area contributed by atoms with Crippen LogP contribution in [0, 0.1) is 12.3 Å². The van der Waals surface area contributed by atoms with E-state index in [2.05, 4.69) is 12.0 Å². The number of ether oxygens (including phenoxy) is 1.